The molecule has 1 saturated heterocycles. The molecule has 1 aromatic heterocycles. The zero-order chi connectivity index (χ0) is 18.7. The second-order valence-electron chi connectivity index (χ2n) is 6.61. The topological polar surface area (TPSA) is 58.6 Å². The Kier molecular flexibility index (Phi) is 5.61. The molecule has 2 heterocycles. The fourth-order valence-electron chi connectivity index (χ4n) is 3.40. The molecule has 2 unspecified atom stereocenters. The molecule has 6 heteroatoms. The minimum atomic E-state index is -0.414. The average molecular weight is 372 g/mol. The highest BCUT2D eigenvalue weighted by atomic mass is 32.1. The number of rotatable bonds is 5. The van der Waals surface area contributed by atoms with Gasteiger partial charge in [0.25, 0.3) is 5.91 Å². The lowest BCUT2D eigenvalue weighted by molar-refractivity contribution is -0.125. The van der Waals surface area contributed by atoms with Gasteiger partial charge in [-0.15, -0.1) is 11.3 Å². The number of nitrogens with zero attached hydrogens (tertiary/aromatic N) is 1. The molecule has 1 aliphatic rings. The summed E-state index contributed by atoms with van der Waals surface area (Å²) in [5.74, 6) is 0.586. The zero-order valence-electron chi connectivity index (χ0n) is 15.3. The molecule has 2 amide bonds. The highest BCUT2D eigenvalue weighted by Crippen LogP contribution is 2.27. The van der Waals surface area contributed by atoms with Crippen molar-refractivity contribution in [3.63, 3.8) is 0 Å². The van der Waals surface area contributed by atoms with Crippen molar-refractivity contribution in [1.29, 1.82) is 0 Å². The van der Waals surface area contributed by atoms with Gasteiger partial charge in [-0.3, -0.25) is 9.59 Å². The average Bonchev–Trinajstić information content (AvgIpc) is 3.32. The Morgan fingerprint density at radius 3 is 2.85 bits per heavy atom. The number of amides is 2. The number of likely N-dealkylation sites (tertiary alicyclic amines) is 1. The van der Waals surface area contributed by atoms with Gasteiger partial charge in [0.2, 0.25) is 5.91 Å². The van der Waals surface area contributed by atoms with E-state index < -0.39 is 6.04 Å². The number of hydrogen-bond acceptors (Lipinski definition) is 4. The summed E-state index contributed by atoms with van der Waals surface area (Å²) in [6.45, 7) is 4.57. The van der Waals surface area contributed by atoms with Crippen molar-refractivity contribution in [3.8, 4) is 5.75 Å². The fourth-order valence-corrected chi connectivity index (χ4v) is 4.08. The Hall–Kier alpha value is -2.34. The largest absolute Gasteiger partial charge is 0.496 e. The molecule has 26 heavy (non-hydrogen) atoms. The highest BCUT2D eigenvalue weighted by molar-refractivity contribution is 7.12. The van der Waals surface area contributed by atoms with Gasteiger partial charge in [-0.1, -0.05) is 23.8 Å². The van der Waals surface area contributed by atoms with E-state index in [1.54, 1.807) is 18.1 Å². The number of methoxy groups -OCH3 is 1. The monoisotopic (exact) mass is 372 g/mol. The molecule has 1 N–H and O–H groups in total. The van der Waals surface area contributed by atoms with Crippen LogP contribution in [-0.2, 0) is 4.79 Å². The summed E-state index contributed by atoms with van der Waals surface area (Å²) in [6.07, 6.45) is 1.54. The van der Waals surface area contributed by atoms with Gasteiger partial charge in [-0.05, 0) is 44.2 Å². The van der Waals surface area contributed by atoms with Crippen LogP contribution in [-0.4, -0.2) is 36.4 Å². The molecule has 0 saturated carbocycles. The SMILES string of the molecule is COc1ccc(C)cc1C(C)NC(=O)C1CCCN1C(=O)c1cccs1. The maximum Gasteiger partial charge on any atom is 0.264 e. The van der Waals surface area contributed by atoms with Gasteiger partial charge in [0.1, 0.15) is 11.8 Å². The second kappa shape index (κ2) is 7.91. The van der Waals surface area contributed by atoms with E-state index in [9.17, 15) is 9.59 Å². The van der Waals surface area contributed by atoms with Gasteiger partial charge in [0.15, 0.2) is 0 Å². The molecule has 0 spiro atoms. The van der Waals surface area contributed by atoms with Crippen LogP contribution in [0.25, 0.3) is 0 Å². The summed E-state index contributed by atoms with van der Waals surface area (Å²) >= 11 is 1.41. The predicted molar refractivity (Wildman–Crippen MR) is 103 cm³/mol. The number of ether oxygens (including phenoxy) is 1. The van der Waals surface area contributed by atoms with E-state index in [4.69, 9.17) is 4.74 Å². The van der Waals surface area contributed by atoms with E-state index in [0.717, 1.165) is 23.3 Å². The number of carbonyl (C=O) groups is 2. The molecule has 1 aliphatic heterocycles. The van der Waals surface area contributed by atoms with E-state index >= 15 is 0 Å². The first-order valence-corrected chi connectivity index (χ1v) is 9.68. The summed E-state index contributed by atoms with van der Waals surface area (Å²) < 4.78 is 5.42. The summed E-state index contributed by atoms with van der Waals surface area (Å²) in [5, 5.41) is 4.94. The normalized spacial score (nSPS) is 17.8. The number of benzene rings is 1. The van der Waals surface area contributed by atoms with Crippen LogP contribution in [0.15, 0.2) is 35.7 Å². The Balaban J connectivity index is 1.73. The third-order valence-corrected chi connectivity index (χ3v) is 5.62. The number of aryl methyl sites for hydroxylation is 1. The minimum Gasteiger partial charge on any atom is -0.496 e. The fraction of sp³-hybridized carbons (Fsp3) is 0.400. The van der Waals surface area contributed by atoms with E-state index in [0.29, 0.717) is 17.8 Å². The Bertz CT molecular complexity index is 788. The molecular formula is C20H24N2O3S. The molecule has 0 aliphatic carbocycles. The quantitative estimate of drug-likeness (QED) is 0.873. The van der Waals surface area contributed by atoms with Crippen LogP contribution < -0.4 is 10.1 Å². The van der Waals surface area contributed by atoms with Crippen molar-refractivity contribution in [2.75, 3.05) is 13.7 Å². The number of hydrogen-bond donors (Lipinski definition) is 1. The molecule has 1 fully saturated rings. The van der Waals surface area contributed by atoms with Gasteiger partial charge in [0.05, 0.1) is 18.0 Å². The third-order valence-electron chi connectivity index (χ3n) is 4.76. The highest BCUT2D eigenvalue weighted by Gasteiger charge is 2.35. The lowest BCUT2D eigenvalue weighted by Gasteiger charge is -2.26. The van der Waals surface area contributed by atoms with Crippen molar-refractivity contribution >= 4 is 23.2 Å². The van der Waals surface area contributed by atoms with E-state index in [2.05, 4.69) is 5.32 Å². The third kappa shape index (κ3) is 3.75. The minimum absolute atomic E-state index is 0.0570. The van der Waals surface area contributed by atoms with Crippen LogP contribution in [0.4, 0.5) is 0 Å². The van der Waals surface area contributed by atoms with Crippen molar-refractivity contribution in [3.05, 3.63) is 51.7 Å². The van der Waals surface area contributed by atoms with E-state index in [1.807, 2.05) is 43.5 Å². The molecule has 0 radical (unpaired) electrons. The maximum absolute atomic E-state index is 12.9. The summed E-state index contributed by atoms with van der Waals surface area (Å²) in [4.78, 5) is 27.9. The smallest absolute Gasteiger partial charge is 0.264 e. The second-order valence-corrected chi connectivity index (χ2v) is 7.56. The Morgan fingerprint density at radius 2 is 2.15 bits per heavy atom. The zero-order valence-corrected chi connectivity index (χ0v) is 16.1. The first-order valence-electron chi connectivity index (χ1n) is 8.80. The van der Waals surface area contributed by atoms with Gasteiger partial charge in [-0.2, -0.15) is 0 Å². The number of thiophene rings is 1. The molecule has 5 nitrogen and oxygen atoms in total. The van der Waals surface area contributed by atoms with E-state index in [1.165, 1.54) is 11.3 Å². The van der Waals surface area contributed by atoms with Crippen molar-refractivity contribution in [1.82, 2.24) is 10.2 Å². The molecule has 1 aromatic carbocycles. The Labute approximate surface area is 158 Å². The van der Waals surface area contributed by atoms with Crippen molar-refractivity contribution < 1.29 is 14.3 Å². The van der Waals surface area contributed by atoms with Crippen LogP contribution in [0.5, 0.6) is 5.75 Å². The van der Waals surface area contributed by atoms with Crippen molar-refractivity contribution in [2.24, 2.45) is 0 Å². The molecule has 2 atom stereocenters. The number of carbonyl (C=O) groups excluding carboxylic acids is 2. The lowest BCUT2D eigenvalue weighted by Crippen LogP contribution is -2.46. The van der Waals surface area contributed by atoms with Crippen LogP contribution in [0, 0.1) is 6.92 Å². The van der Waals surface area contributed by atoms with Gasteiger partial charge in [-0.25, -0.2) is 0 Å². The standard InChI is InChI=1S/C20H24N2O3S/c1-13-8-9-17(25-3)15(12-13)14(2)21-19(23)16-6-4-10-22(16)20(24)18-7-5-11-26-18/h5,7-9,11-12,14,16H,4,6,10H2,1-3H3,(H,21,23). The summed E-state index contributed by atoms with van der Waals surface area (Å²) in [6, 6.07) is 8.97. The van der Waals surface area contributed by atoms with Crippen LogP contribution in [0.1, 0.15) is 46.6 Å². The van der Waals surface area contributed by atoms with E-state index in [-0.39, 0.29) is 17.9 Å². The predicted octanol–water partition coefficient (Wildman–Crippen LogP) is 3.55. The van der Waals surface area contributed by atoms with Crippen molar-refractivity contribution in [2.45, 2.75) is 38.8 Å². The first kappa shape index (κ1) is 18.5. The lowest BCUT2D eigenvalue weighted by atomic mass is 10.0. The number of nitrogens with one attached hydrogen (secondary N) is 1. The molecule has 3 rings (SSSR count). The summed E-state index contributed by atoms with van der Waals surface area (Å²) in [7, 11) is 1.63. The summed E-state index contributed by atoms with van der Waals surface area (Å²) in [5.41, 5.74) is 2.05. The Morgan fingerprint density at radius 1 is 1.35 bits per heavy atom. The first-order chi connectivity index (χ1) is 12.5. The molecule has 2 aromatic rings. The van der Waals surface area contributed by atoms with Crippen LogP contribution in [0.2, 0.25) is 0 Å². The molecule has 0 bridgehead atoms. The van der Waals surface area contributed by atoms with Crippen LogP contribution in [0.3, 0.4) is 0 Å². The molecule has 138 valence electrons. The van der Waals surface area contributed by atoms with Gasteiger partial charge in [0, 0.05) is 12.1 Å². The molecular weight excluding hydrogens is 348 g/mol. The van der Waals surface area contributed by atoms with Gasteiger partial charge >= 0.3 is 0 Å². The maximum atomic E-state index is 12.9. The van der Waals surface area contributed by atoms with Crippen LogP contribution >= 0.6 is 11.3 Å². The van der Waals surface area contributed by atoms with Gasteiger partial charge < -0.3 is 15.0 Å².